The second-order valence-corrected chi connectivity index (χ2v) is 4.03. The summed E-state index contributed by atoms with van der Waals surface area (Å²) in [6.07, 6.45) is 6.35. The Bertz CT molecular complexity index is 512. The molecule has 0 aliphatic carbocycles. The fraction of sp³-hybridized carbons (Fsp3) is 0.182. The van der Waals surface area contributed by atoms with E-state index in [0.717, 1.165) is 5.82 Å². The lowest BCUT2D eigenvalue weighted by Crippen LogP contribution is -2.26. The van der Waals surface area contributed by atoms with E-state index in [9.17, 15) is 4.79 Å². The first kappa shape index (κ1) is 11.6. The van der Waals surface area contributed by atoms with Crippen LogP contribution < -0.4 is 0 Å². The molecule has 0 aliphatic heterocycles. The van der Waals surface area contributed by atoms with Crippen LogP contribution in [0.15, 0.2) is 30.9 Å². The van der Waals surface area contributed by atoms with Crippen molar-refractivity contribution in [3.63, 3.8) is 0 Å². The van der Waals surface area contributed by atoms with Gasteiger partial charge in [0.25, 0.3) is 5.91 Å². The molecule has 0 aliphatic rings. The van der Waals surface area contributed by atoms with Gasteiger partial charge in [0.2, 0.25) is 0 Å². The molecule has 88 valence electrons. The predicted molar refractivity (Wildman–Crippen MR) is 63.6 cm³/mol. The summed E-state index contributed by atoms with van der Waals surface area (Å²) in [5.41, 5.74) is 0.464. The second-order valence-electron chi connectivity index (χ2n) is 3.59. The molecule has 0 saturated carbocycles. The predicted octanol–water partition coefficient (Wildman–Crippen LogP) is 1.73. The molecule has 6 heteroatoms. The Kier molecular flexibility index (Phi) is 3.39. The molecule has 0 atom stereocenters. The van der Waals surface area contributed by atoms with E-state index in [1.54, 1.807) is 30.4 Å². The summed E-state index contributed by atoms with van der Waals surface area (Å²) < 4.78 is 0. The molecule has 5 nitrogen and oxygen atoms in total. The smallest absolute Gasteiger partial charge is 0.255 e. The van der Waals surface area contributed by atoms with Gasteiger partial charge in [0.15, 0.2) is 0 Å². The zero-order chi connectivity index (χ0) is 12.3. The van der Waals surface area contributed by atoms with Crippen LogP contribution in [0.4, 0.5) is 0 Å². The van der Waals surface area contributed by atoms with Gasteiger partial charge in [0, 0.05) is 31.8 Å². The molecule has 0 unspecified atom stereocenters. The maximum Gasteiger partial charge on any atom is 0.255 e. The van der Waals surface area contributed by atoms with Gasteiger partial charge in [-0.05, 0) is 6.07 Å². The van der Waals surface area contributed by atoms with Gasteiger partial charge < -0.3 is 9.88 Å². The summed E-state index contributed by atoms with van der Waals surface area (Å²) in [5, 5.41) is 0.447. The van der Waals surface area contributed by atoms with E-state index < -0.39 is 0 Å². The molecule has 2 aromatic heterocycles. The third-order valence-corrected chi connectivity index (χ3v) is 2.45. The zero-order valence-electron chi connectivity index (χ0n) is 9.22. The van der Waals surface area contributed by atoms with E-state index in [4.69, 9.17) is 11.6 Å². The number of imidazole rings is 1. The highest BCUT2D eigenvalue weighted by Crippen LogP contribution is 2.11. The summed E-state index contributed by atoms with van der Waals surface area (Å²) in [4.78, 5) is 24.4. The van der Waals surface area contributed by atoms with E-state index in [0.29, 0.717) is 17.1 Å². The Morgan fingerprint density at radius 3 is 3.00 bits per heavy atom. The Morgan fingerprint density at radius 1 is 1.53 bits per heavy atom. The average molecular weight is 251 g/mol. The van der Waals surface area contributed by atoms with Crippen molar-refractivity contribution >= 4 is 17.5 Å². The van der Waals surface area contributed by atoms with Crippen LogP contribution in [-0.4, -0.2) is 32.8 Å². The van der Waals surface area contributed by atoms with Crippen LogP contribution in [0.3, 0.4) is 0 Å². The van der Waals surface area contributed by atoms with Gasteiger partial charge in [0.05, 0.1) is 17.1 Å². The van der Waals surface area contributed by atoms with Gasteiger partial charge in [-0.25, -0.2) is 4.98 Å². The van der Waals surface area contributed by atoms with Crippen LogP contribution in [0, 0.1) is 0 Å². The molecule has 0 radical (unpaired) electrons. The van der Waals surface area contributed by atoms with Crippen molar-refractivity contribution in [1.82, 2.24) is 19.9 Å². The largest absolute Gasteiger partial charge is 0.347 e. The van der Waals surface area contributed by atoms with Crippen LogP contribution in [0.25, 0.3) is 0 Å². The van der Waals surface area contributed by atoms with E-state index in [1.807, 2.05) is 0 Å². The average Bonchev–Trinajstić information content (AvgIpc) is 2.80. The highest BCUT2D eigenvalue weighted by Gasteiger charge is 2.13. The van der Waals surface area contributed by atoms with E-state index in [2.05, 4.69) is 15.0 Å². The van der Waals surface area contributed by atoms with E-state index >= 15 is 0 Å². The van der Waals surface area contributed by atoms with Gasteiger partial charge in [-0.1, -0.05) is 11.6 Å². The minimum Gasteiger partial charge on any atom is -0.347 e. The van der Waals surface area contributed by atoms with Crippen LogP contribution in [-0.2, 0) is 6.54 Å². The number of H-pyrrole nitrogens is 1. The minimum atomic E-state index is -0.142. The van der Waals surface area contributed by atoms with Crippen molar-refractivity contribution in [3.05, 3.63) is 47.3 Å². The van der Waals surface area contributed by atoms with Crippen molar-refractivity contribution in [2.75, 3.05) is 7.05 Å². The number of carbonyl (C=O) groups is 1. The molecule has 2 heterocycles. The van der Waals surface area contributed by atoms with Crippen molar-refractivity contribution in [2.45, 2.75) is 6.54 Å². The molecule has 0 aromatic carbocycles. The summed E-state index contributed by atoms with van der Waals surface area (Å²) in [5.74, 6) is 0.590. The summed E-state index contributed by atoms with van der Waals surface area (Å²) in [6.45, 7) is 0.415. The normalized spacial score (nSPS) is 10.2. The van der Waals surface area contributed by atoms with Crippen LogP contribution in [0.5, 0.6) is 0 Å². The fourth-order valence-electron chi connectivity index (χ4n) is 1.43. The number of aromatic amines is 1. The fourth-order valence-corrected chi connectivity index (χ4v) is 1.60. The first-order chi connectivity index (χ1) is 8.16. The van der Waals surface area contributed by atoms with Crippen molar-refractivity contribution in [2.24, 2.45) is 0 Å². The van der Waals surface area contributed by atoms with Crippen LogP contribution >= 0.6 is 11.6 Å². The molecule has 2 rings (SSSR count). The number of halogens is 1. The number of carbonyl (C=O) groups excluding carboxylic acids is 1. The number of pyridine rings is 1. The topological polar surface area (TPSA) is 61.9 Å². The van der Waals surface area contributed by atoms with E-state index in [-0.39, 0.29) is 5.91 Å². The molecule has 2 aromatic rings. The SMILES string of the molecule is CN(Cc1ncc[nH]1)C(=O)c1cncc(Cl)c1. The van der Waals surface area contributed by atoms with Gasteiger partial charge in [-0.15, -0.1) is 0 Å². The highest BCUT2D eigenvalue weighted by atomic mass is 35.5. The molecule has 1 amide bonds. The maximum atomic E-state index is 12.0. The van der Waals surface area contributed by atoms with Crippen LogP contribution in [0.2, 0.25) is 5.02 Å². The van der Waals surface area contributed by atoms with E-state index in [1.165, 1.54) is 12.4 Å². The molecular weight excluding hydrogens is 240 g/mol. The van der Waals surface area contributed by atoms with Gasteiger partial charge in [-0.3, -0.25) is 9.78 Å². The molecule has 1 N–H and O–H groups in total. The maximum absolute atomic E-state index is 12.0. The number of nitrogens with one attached hydrogen (secondary N) is 1. The molecule has 0 fully saturated rings. The minimum absolute atomic E-state index is 0.142. The number of hydrogen-bond acceptors (Lipinski definition) is 3. The van der Waals surface area contributed by atoms with Gasteiger partial charge in [0.1, 0.15) is 5.82 Å². The molecule has 17 heavy (non-hydrogen) atoms. The number of nitrogens with zero attached hydrogens (tertiary/aromatic N) is 3. The van der Waals surface area contributed by atoms with Crippen molar-refractivity contribution < 1.29 is 4.79 Å². The molecule has 0 spiro atoms. The third kappa shape index (κ3) is 2.82. The highest BCUT2D eigenvalue weighted by molar-refractivity contribution is 6.30. The Hall–Kier alpha value is -1.88. The lowest BCUT2D eigenvalue weighted by molar-refractivity contribution is 0.0781. The standard InChI is InChI=1S/C11H11ClN4O/c1-16(7-10-14-2-3-15-10)11(17)8-4-9(12)6-13-5-8/h2-6H,7H2,1H3,(H,14,15). The lowest BCUT2D eigenvalue weighted by atomic mass is 10.2. The number of hydrogen-bond donors (Lipinski definition) is 1. The second kappa shape index (κ2) is 4.97. The Labute approximate surface area is 103 Å². The lowest BCUT2D eigenvalue weighted by Gasteiger charge is -2.15. The van der Waals surface area contributed by atoms with Gasteiger partial charge in [-0.2, -0.15) is 0 Å². The first-order valence-electron chi connectivity index (χ1n) is 5.01. The Balaban J connectivity index is 2.09. The Morgan fingerprint density at radius 2 is 2.35 bits per heavy atom. The number of amides is 1. The van der Waals surface area contributed by atoms with Crippen LogP contribution in [0.1, 0.15) is 16.2 Å². The van der Waals surface area contributed by atoms with Crippen molar-refractivity contribution in [1.29, 1.82) is 0 Å². The third-order valence-electron chi connectivity index (χ3n) is 2.24. The molecule has 0 bridgehead atoms. The number of rotatable bonds is 3. The van der Waals surface area contributed by atoms with Gasteiger partial charge >= 0.3 is 0 Å². The first-order valence-corrected chi connectivity index (χ1v) is 5.39. The molecule has 0 saturated heterocycles. The zero-order valence-corrected chi connectivity index (χ0v) is 9.98. The number of aromatic nitrogens is 3. The molecular formula is C11H11ClN4O. The van der Waals surface area contributed by atoms with Crippen molar-refractivity contribution in [3.8, 4) is 0 Å². The summed E-state index contributed by atoms with van der Waals surface area (Å²) in [6, 6.07) is 1.59. The monoisotopic (exact) mass is 250 g/mol. The summed E-state index contributed by atoms with van der Waals surface area (Å²) in [7, 11) is 1.70. The summed E-state index contributed by atoms with van der Waals surface area (Å²) >= 11 is 5.78. The quantitative estimate of drug-likeness (QED) is 0.902.